The number of hydrogen-bond acceptors (Lipinski definition) is 4. The molecule has 0 spiro atoms. The van der Waals surface area contributed by atoms with Crippen LogP contribution >= 0.6 is 0 Å². The van der Waals surface area contributed by atoms with Crippen LogP contribution in [0.5, 0.6) is 0 Å². The molecule has 5 nitrogen and oxygen atoms in total. The lowest BCUT2D eigenvalue weighted by molar-refractivity contribution is 0.0921. The van der Waals surface area contributed by atoms with Crippen molar-refractivity contribution in [3.8, 4) is 0 Å². The average molecular weight is 353 g/mol. The van der Waals surface area contributed by atoms with Crippen molar-refractivity contribution in [2.24, 2.45) is 5.92 Å². The summed E-state index contributed by atoms with van der Waals surface area (Å²) in [5.41, 5.74) is 1.76. The summed E-state index contributed by atoms with van der Waals surface area (Å²) in [7, 11) is 0. The highest BCUT2D eigenvalue weighted by Gasteiger charge is 2.35. The second-order valence-electron chi connectivity index (χ2n) is 7.73. The van der Waals surface area contributed by atoms with Crippen molar-refractivity contribution in [3.05, 3.63) is 53.4 Å². The molecule has 2 heterocycles. The Balaban J connectivity index is 1.40. The van der Waals surface area contributed by atoms with Gasteiger partial charge in [0.25, 0.3) is 5.91 Å². The zero-order chi connectivity index (χ0) is 18.1. The standard InChI is InChI=1S/C21H27N3O2/c1-3-19(15-7-5-4-6-8-15)24-12-14(2)18(13-24)22-21(25)17-11-20(26-23-17)16-9-10-16/h4-8,11,14,16,18-19H,3,9-10,12-13H2,1-2H3,(H,22,25)/t14-,18+,19?/m1/s1. The van der Waals surface area contributed by atoms with E-state index >= 15 is 0 Å². The Morgan fingerprint density at radius 3 is 2.77 bits per heavy atom. The van der Waals surface area contributed by atoms with E-state index in [1.165, 1.54) is 5.56 Å². The predicted octanol–water partition coefficient (Wildman–Crippen LogP) is 3.75. The largest absolute Gasteiger partial charge is 0.360 e. The molecule has 1 aromatic heterocycles. The van der Waals surface area contributed by atoms with Crippen LogP contribution in [0.2, 0.25) is 0 Å². The first-order valence-corrected chi connectivity index (χ1v) is 9.72. The Hall–Kier alpha value is -2.14. The van der Waals surface area contributed by atoms with E-state index < -0.39 is 0 Å². The quantitative estimate of drug-likeness (QED) is 0.859. The number of nitrogens with zero attached hydrogens (tertiary/aromatic N) is 2. The van der Waals surface area contributed by atoms with Crippen molar-refractivity contribution in [2.45, 2.75) is 51.1 Å². The maximum atomic E-state index is 12.6. The molecule has 1 unspecified atom stereocenters. The van der Waals surface area contributed by atoms with Crippen molar-refractivity contribution >= 4 is 5.91 Å². The molecule has 26 heavy (non-hydrogen) atoms. The van der Waals surface area contributed by atoms with Crippen LogP contribution in [0.15, 0.2) is 40.9 Å². The minimum absolute atomic E-state index is 0.118. The van der Waals surface area contributed by atoms with Crippen molar-refractivity contribution in [2.75, 3.05) is 13.1 Å². The van der Waals surface area contributed by atoms with Crippen LogP contribution in [0.3, 0.4) is 0 Å². The minimum Gasteiger partial charge on any atom is -0.360 e. The van der Waals surface area contributed by atoms with Gasteiger partial charge >= 0.3 is 0 Å². The molecule has 0 radical (unpaired) electrons. The second-order valence-corrected chi connectivity index (χ2v) is 7.73. The Labute approximate surface area is 154 Å². The highest BCUT2D eigenvalue weighted by Crippen LogP contribution is 2.40. The van der Waals surface area contributed by atoms with E-state index in [1.807, 2.05) is 6.07 Å². The van der Waals surface area contributed by atoms with Gasteiger partial charge < -0.3 is 9.84 Å². The van der Waals surface area contributed by atoms with Gasteiger partial charge in [-0.25, -0.2) is 0 Å². The summed E-state index contributed by atoms with van der Waals surface area (Å²) in [4.78, 5) is 15.1. The lowest BCUT2D eigenvalue weighted by atomic mass is 10.0. The molecular weight excluding hydrogens is 326 g/mol. The number of nitrogens with one attached hydrogen (secondary N) is 1. The summed E-state index contributed by atoms with van der Waals surface area (Å²) in [6.45, 7) is 6.29. The van der Waals surface area contributed by atoms with Crippen molar-refractivity contribution in [1.29, 1.82) is 0 Å². The summed E-state index contributed by atoms with van der Waals surface area (Å²) in [6.07, 6.45) is 3.34. The Morgan fingerprint density at radius 1 is 1.31 bits per heavy atom. The molecule has 4 rings (SSSR count). The van der Waals surface area contributed by atoms with Crippen LogP contribution in [0.25, 0.3) is 0 Å². The van der Waals surface area contributed by atoms with E-state index in [4.69, 9.17) is 4.52 Å². The highest BCUT2D eigenvalue weighted by molar-refractivity contribution is 5.92. The third-order valence-electron chi connectivity index (χ3n) is 5.71. The normalized spacial score (nSPS) is 24.5. The molecule has 1 saturated carbocycles. The minimum atomic E-state index is -0.118. The van der Waals surface area contributed by atoms with Gasteiger partial charge in [-0.1, -0.05) is 49.3 Å². The van der Waals surface area contributed by atoms with Gasteiger partial charge in [-0.2, -0.15) is 0 Å². The number of aromatic nitrogens is 1. The van der Waals surface area contributed by atoms with Crippen LogP contribution in [-0.2, 0) is 0 Å². The van der Waals surface area contributed by atoms with Crippen LogP contribution in [0.1, 0.15) is 66.9 Å². The molecule has 3 atom stereocenters. The van der Waals surface area contributed by atoms with Gasteiger partial charge in [0.05, 0.1) is 0 Å². The van der Waals surface area contributed by atoms with Gasteiger partial charge in [-0.3, -0.25) is 9.69 Å². The van der Waals surface area contributed by atoms with Gasteiger partial charge in [-0.15, -0.1) is 0 Å². The molecule has 2 fully saturated rings. The molecular formula is C21H27N3O2. The van der Waals surface area contributed by atoms with Crippen LogP contribution in [0, 0.1) is 5.92 Å². The molecule has 1 N–H and O–H groups in total. The van der Waals surface area contributed by atoms with E-state index in [2.05, 4.69) is 59.6 Å². The van der Waals surface area contributed by atoms with E-state index in [0.29, 0.717) is 23.6 Å². The molecule has 138 valence electrons. The van der Waals surface area contributed by atoms with Gasteiger partial charge in [0.1, 0.15) is 5.76 Å². The van der Waals surface area contributed by atoms with E-state index in [9.17, 15) is 4.79 Å². The zero-order valence-corrected chi connectivity index (χ0v) is 15.5. The van der Waals surface area contributed by atoms with E-state index in [1.54, 1.807) is 0 Å². The summed E-state index contributed by atoms with van der Waals surface area (Å²) in [5, 5.41) is 7.14. The number of amides is 1. The van der Waals surface area contributed by atoms with Gasteiger partial charge in [0.15, 0.2) is 5.69 Å². The molecule has 1 amide bonds. The van der Waals surface area contributed by atoms with Crippen LogP contribution in [-0.4, -0.2) is 35.1 Å². The third-order valence-corrected chi connectivity index (χ3v) is 5.71. The number of carbonyl (C=O) groups is 1. The molecule has 2 aliphatic rings. The summed E-state index contributed by atoms with van der Waals surface area (Å²) < 4.78 is 5.31. The van der Waals surface area contributed by atoms with Crippen LogP contribution in [0.4, 0.5) is 0 Å². The molecule has 1 aromatic carbocycles. The van der Waals surface area contributed by atoms with Crippen molar-refractivity contribution in [3.63, 3.8) is 0 Å². The molecule has 5 heteroatoms. The monoisotopic (exact) mass is 353 g/mol. The van der Waals surface area contributed by atoms with Gasteiger partial charge in [0, 0.05) is 37.2 Å². The Kier molecular flexibility index (Phi) is 4.81. The molecule has 1 aliphatic heterocycles. The average Bonchev–Trinajstić information content (AvgIpc) is 3.27. The number of likely N-dealkylation sites (tertiary alicyclic amines) is 1. The molecule has 1 aliphatic carbocycles. The van der Waals surface area contributed by atoms with Crippen molar-refractivity contribution < 1.29 is 9.32 Å². The second kappa shape index (κ2) is 7.23. The van der Waals surface area contributed by atoms with E-state index in [-0.39, 0.29) is 11.9 Å². The lowest BCUT2D eigenvalue weighted by Gasteiger charge is -2.27. The number of hydrogen-bond donors (Lipinski definition) is 1. The number of rotatable bonds is 6. The maximum Gasteiger partial charge on any atom is 0.273 e. The first kappa shape index (κ1) is 17.3. The SMILES string of the molecule is CCC(c1ccccc1)N1C[C@@H](C)[C@@H](NC(=O)c2cc(C3CC3)on2)C1. The summed E-state index contributed by atoms with van der Waals surface area (Å²) in [5.74, 6) is 1.62. The number of benzene rings is 1. The summed E-state index contributed by atoms with van der Waals surface area (Å²) in [6, 6.07) is 13.0. The van der Waals surface area contributed by atoms with Crippen LogP contribution < -0.4 is 5.32 Å². The maximum absolute atomic E-state index is 12.6. The first-order chi connectivity index (χ1) is 12.7. The topological polar surface area (TPSA) is 58.4 Å². The molecule has 0 bridgehead atoms. The third kappa shape index (κ3) is 3.54. The predicted molar refractivity (Wildman–Crippen MR) is 99.9 cm³/mol. The highest BCUT2D eigenvalue weighted by atomic mass is 16.5. The molecule has 1 saturated heterocycles. The summed E-state index contributed by atoms with van der Waals surface area (Å²) >= 11 is 0. The molecule has 2 aromatic rings. The van der Waals surface area contributed by atoms with Gasteiger partial charge in [0.2, 0.25) is 0 Å². The van der Waals surface area contributed by atoms with Crippen molar-refractivity contribution in [1.82, 2.24) is 15.4 Å². The fourth-order valence-corrected chi connectivity index (χ4v) is 4.03. The zero-order valence-electron chi connectivity index (χ0n) is 15.5. The smallest absolute Gasteiger partial charge is 0.273 e. The Bertz CT molecular complexity index is 754. The Morgan fingerprint density at radius 2 is 2.08 bits per heavy atom. The fraction of sp³-hybridized carbons (Fsp3) is 0.524. The number of carbonyl (C=O) groups excluding carboxylic acids is 1. The first-order valence-electron chi connectivity index (χ1n) is 9.72. The fourth-order valence-electron chi connectivity index (χ4n) is 4.03. The van der Waals surface area contributed by atoms with E-state index in [0.717, 1.165) is 38.1 Å². The lowest BCUT2D eigenvalue weighted by Crippen LogP contribution is -2.40. The van der Waals surface area contributed by atoms with Gasteiger partial charge in [-0.05, 0) is 30.7 Å².